The number of nitrogens with zero attached hydrogens (tertiary/aromatic N) is 2. The predicted octanol–water partition coefficient (Wildman–Crippen LogP) is 1.51. The van der Waals surface area contributed by atoms with Crippen molar-refractivity contribution in [3.8, 4) is 0 Å². The number of carbonyl (C=O) groups excluding carboxylic acids is 1. The lowest BCUT2D eigenvalue weighted by Gasteiger charge is -2.36. The van der Waals surface area contributed by atoms with E-state index in [0.717, 1.165) is 19.3 Å². The minimum atomic E-state index is -3.59. The molecule has 0 bridgehead atoms. The Bertz CT molecular complexity index is 722. The summed E-state index contributed by atoms with van der Waals surface area (Å²) in [6.45, 7) is 2.96. The minimum Gasteiger partial charge on any atom is -0.350 e. The smallest absolute Gasteiger partial charge is 0.253 e. The molecule has 0 aliphatic carbocycles. The molecule has 0 spiro atoms. The summed E-state index contributed by atoms with van der Waals surface area (Å²) in [7, 11) is -3.59. The highest BCUT2D eigenvalue weighted by molar-refractivity contribution is 7.91. The lowest BCUT2D eigenvalue weighted by atomic mass is 9.95. The van der Waals surface area contributed by atoms with Crippen LogP contribution in [-0.2, 0) is 24.3 Å². The summed E-state index contributed by atoms with van der Waals surface area (Å²) >= 11 is 1.20. The number of hydrogen-bond acceptors (Lipinski definition) is 6. The van der Waals surface area contributed by atoms with Crippen molar-refractivity contribution in [2.45, 2.75) is 42.2 Å². The van der Waals surface area contributed by atoms with Crippen molar-refractivity contribution in [1.29, 1.82) is 0 Å². The number of likely N-dealkylation sites (tertiary alicyclic amines) is 1. The number of piperidine rings is 1. The van der Waals surface area contributed by atoms with E-state index in [4.69, 9.17) is 9.47 Å². The fraction of sp³-hybridized carbons (Fsp3) is 0.706. The molecule has 3 fully saturated rings. The van der Waals surface area contributed by atoms with Crippen molar-refractivity contribution < 1.29 is 22.7 Å². The molecule has 0 N–H and O–H groups in total. The van der Waals surface area contributed by atoms with E-state index < -0.39 is 16.1 Å². The molecular weight excluding hydrogens is 376 g/mol. The highest BCUT2D eigenvalue weighted by Crippen LogP contribution is 2.31. The van der Waals surface area contributed by atoms with Gasteiger partial charge in [0.05, 0.1) is 13.2 Å². The Hall–Kier alpha value is -1.00. The van der Waals surface area contributed by atoms with Gasteiger partial charge >= 0.3 is 0 Å². The van der Waals surface area contributed by atoms with Crippen molar-refractivity contribution >= 4 is 27.3 Å². The summed E-state index contributed by atoms with van der Waals surface area (Å²) < 4.78 is 38.6. The lowest BCUT2D eigenvalue weighted by Crippen LogP contribution is -2.50. The second kappa shape index (κ2) is 7.55. The largest absolute Gasteiger partial charge is 0.350 e. The summed E-state index contributed by atoms with van der Waals surface area (Å²) in [5, 5.41) is 1.75. The van der Waals surface area contributed by atoms with E-state index in [2.05, 4.69) is 0 Å². The van der Waals surface area contributed by atoms with Crippen molar-refractivity contribution in [3.05, 3.63) is 17.5 Å². The molecule has 0 saturated carbocycles. The Labute approximate surface area is 157 Å². The molecule has 1 unspecified atom stereocenters. The zero-order valence-corrected chi connectivity index (χ0v) is 16.2. The quantitative estimate of drug-likeness (QED) is 0.766. The number of sulfonamides is 1. The molecular formula is C17H24N2O5S2. The van der Waals surface area contributed by atoms with E-state index in [1.807, 2.05) is 4.90 Å². The molecule has 144 valence electrons. The van der Waals surface area contributed by atoms with Gasteiger partial charge in [0.2, 0.25) is 5.91 Å². The van der Waals surface area contributed by atoms with Gasteiger partial charge in [0.15, 0.2) is 6.29 Å². The van der Waals surface area contributed by atoms with E-state index in [-0.39, 0.29) is 12.2 Å². The fourth-order valence-electron chi connectivity index (χ4n) is 4.05. The van der Waals surface area contributed by atoms with E-state index >= 15 is 0 Å². The second-order valence-electron chi connectivity index (χ2n) is 6.98. The first kappa shape index (κ1) is 18.4. The third kappa shape index (κ3) is 3.43. The summed E-state index contributed by atoms with van der Waals surface area (Å²) in [4.78, 5) is 14.8. The third-order valence-electron chi connectivity index (χ3n) is 5.43. The molecule has 4 heterocycles. The van der Waals surface area contributed by atoms with Gasteiger partial charge in [0.1, 0.15) is 10.3 Å². The molecule has 1 amide bonds. The Morgan fingerprint density at radius 2 is 1.85 bits per heavy atom. The van der Waals surface area contributed by atoms with Gasteiger partial charge in [-0.3, -0.25) is 4.79 Å². The Kier molecular flexibility index (Phi) is 5.34. The van der Waals surface area contributed by atoms with Crippen LogP contribution in [-0.4, -0.2) is 68.7 Å². The first-order chi connectivity index (χ1) is 12.6. The maximum atomic E-state index is 13.0. The van der Waals surface area contributed by atoms with Crippen LogP contribution in [0.2, 0.25) is 0 Å². The molecule has 9 heteroatoms. The Balaban J connectivity index is 1.41. The molecule has 1 aromatic heterocycles. The second-order valence-corrected chi connectivity index (χ2v) is 10.0. The molecule has 0 radical (unpaired) electrons. The van der Waals surface area contributed by atoms with Crippen LogP contribution in [0.1, 0.15) is 25.7 Å². The van der Waals surface area contributed by atoms with Crippen LogP contribution in [0.25, 0.3) is 0 Å². The molecule has 1 atom stereocenters. The van der Waals surface area contributed by atoms with Crippen molar-refractivity contribution in [1.82, 2.24) is 9.21 Å². The molecule has 3 saturated heterocycles. The monoisotopic (exact) mass is 400 g/mol. The highest BCUT2D eigenvalue weighted by atomic mass is 32.2. The Morgan fingerprint density at radius 3 is 2.50 bits per heavy atom. The maximum Gasteiger partial charge on any atom is 0.253 e. The van der Waals surface area contributed by atoms with Crippen molar-refractivity contribution in [2.24, 2.45) is 5.92 Å². The van der Waals surface area contributed by atoms with E-state index in [0.29, 0.717) is 49.4 Å². The van der Waals surface area contributed by atoms with Gasteiger partial charge in [-0.05, 0) is 37.1 Å². The number of rotatable bonds is 4. The average molecular weight is 401 g/mol. The molecule has 3 aliphatic heterocycles. The molecule has 1 aromatic rings. The Morgan fingerprint density at radius 1 is 1.12 bits per heavy atom. The number of amides is 1. The number of hydrogen-bond donors (Lipinski definition) is 0. The van der Waals surface area contributed by atoms with Crippen LogP contribution >= 0.6 is 11.3 Å². The third-order valence-corrected chi connectivity index (χ3v) is 8.71. The van der Waals surface area contributed by atoms with Crippen LogP contribution in [0.15, 0.2) is 21.7 Å². The summed E-state index contributed by atoms with van der Waals surface area (Å²) in [5.74, 6) is 0.255. The zero-order chi connectivity index (χ0) is 18.1. The summed E-state index contributed by atoms with van der Waals surface area (Å²) in [5.41, 5.74) is 0. The number of thiophene rings is 1. The van der Waals surface area contributed by atoms with Gasteiger partial charge in [-0.25, -0.2) is 8.42 Å². The van der Waals surface area contributed by atoms with Gasteiger partial charge < -0.3 is 14.4 Å². The lowest BCUT2D eigenvalue weighted by molar-refractivity contribution is -0.140. The first-order valence-corrected chi connectivity index (χ1v) is 11.5. The molecule has 7 nitrogen and oxygen atoms in total. The van der Waals surface area contributed by atoms with Crippen LogP contribution in [0, 0.1) is 5.92 Å². The molecule has 4 rings (SSSR count). The molecule has 3 aliphatic rings. The predicted molar refractivity (Wildman–Crippen MR) is 96.2 cm³/mol. The van der Waals surface area contributed by atoms with Gasteiger partial charge in [-0.1, -0.05) is 6.07 Å². The fourth-order valence-corrected chi connectivity index (χ4v) is 6.82. The highest BCUT2D eigenvalue weighted by Gasteiger charge is 2.42. The molecule has 0 aromatic carbocycles. The SMILES string of the molecule is O=C(C1CCCN1S(=O)(=O)c1cccs1)N1CCC(C2OCCO2)CC1. The van der Waals surface area contributed by atoms with E-state index in [9.17, 15) is 13.2 Å². The van der Waals surface area contributed by atoms with Crippen LogP contribution < -0.4 is 0 Å². The topological polar surface area (TPSA) is 76.2 Å². The summed E-state index contributed by atoms with van der Waals surface area (Å²) in [6.07, 6.45) is 2.84. The standard InChI is InChI=1S/C17H24N2O5S2/c20-16(18-8-5-13(6-9-18)17-23-10-11-24-17)14-3-1-7-19(14)26(21,22)15-4-2-12-25-15/h2,4,12-14,17H,1,3,5-11H2. The van der Waals surface area contributed by atoms with E-state index in [1.54, 1.807) is 17.5 Å². The first-order valence-electron chi connectivity index (χ1n) is 9.15. The van der Waals surface area contributed by atoms with Crippen molar-refractivity contribution in [2.75, 3.05) is 32.8 Å². The average Bonchev–Trinajstić information content (AvgIpc) is 3.43. The zero-order valence-electron chi connectivity index (χ0n) is 14.6. The number of carbonyl (C=O) groups is 1. The van der Waals surface area contributed by atoms with Gasteiger partial charge in [0, 0.05) is 25.6 Å². The number of ether oxygens (including phenoxy) is 2. The van der Waals surface area contributed by atoms with Gasteiger partial charge in [-0.2, -0.15) is 4.31 Å². The molecule has 26 heavy (non-hydrogen) atoms. The van der Waals surface area contributed by atoms with Crippen LogP contribution in [0.4, 0.5) is 0 Å². The normalized spacial score (nSPS) is 26.6. The minimum absolute atomic E-state index is 0.0608. The van der Waals surface area contributed by atoms with Crippen molar-refractivity contribution in [3.63, 3.8) is 0 Å². The van der Waals surface area contributed by atoms with Gasteiger partial charge in [0.25, 0.3) is 10.0 Å². The van der Waals surface area contributed by atoms with Crippen LogP contribution in [0.3, 0.4) is 0 Å². The maximum absolute atomic E-state index is 13.0. The summed E-state index contributed by atoms with van der Waals surface area (Å²) in [6, 6.07) is 2.76. The van der Waals surface area contributed by atoms with E-state index in [1.165, 1.54) is 15.6 Å². The van der Waals surface area contributed by atoms with Gasteiger partial charge in [-0.15, -0.1) is 11.3 Å². The van der Waals surface area contributed by atoms with Crippen LogP contribution in [0.5, 0.6) is 0 Å².